The Hall–Kier alpha value is -2.64. The summed E-state index contributed by atoms with van der Waals surface area (Å²) in [6.07, 6.45) is 1.64. The number of aromatic nitrogens is 1. The summed E-state index contributed by atoms with van der Waals surface area (Å²) >= 11 is 7.52. The Morgan fingerprint density at radius 3 is 2.85 bits per heavy atom. The number of nitrogens with one attached hydrogen (secondary N) is 1. The maximum Gasteiger partial charge on any atom is 0.203 e. The molecule has 0 radical (unpaired) electrons. The van der Waals surface area contributed by atoms with E-state index in [0.29, 0.717) is 27.2 Å². The highest BCUT2D eigenvalue weighted by atomic mass is 35.5. The molecule has 0 aliphatic heterocycles. The lowest BCUT2D eigenvalue weighted by Gasteiger charge is -2.12. The molecule has 3 rings (SSSR count). The molecule has 0 spiro atoms. The first-order chi connectivity index (χ1) is 13.1. The molecule has 2 aromatic carbocycles. The van der Waals surface area contributed by atoms with Gasteiger partial charge in [0, 0.05) is 10.9 Å². The molecule has 0 aliphatic carbocycles. The van der Waals surface area contributed by atoms with Gasteiger partial charge in [-0.25, -0.2) is 9.37 Å². The van der Waals surface area contributed by atoms with Crippen LogP contribution in [0.3, 0.4) is 0 Å². The van der Waals surface area contributed by atoms with Gasteiger partial charge < -0.3 is 9.47 Å². The van der Waals surface area contributed by atoms with E-state index < -0.39 is 5.82 Å². The molecule has 0 amide bonds. The van der Waals surface area contributed by atoms with Gasteiger partial charge in [0.15, 0.2) is 11.5 Å². The highest BCUT2D eigenvalue weighted by molar-refractivity contribution is 7.13. The van der Waals surface area contributed by atoms with Gasteiger partial charge in [0.05, 0.1) is 24.0 Å². The standard InChI is InChI=1S/C19H17ClFN3O2S/c1-12-11-27-19(23-12)24-22-9-13-6-7-17(25-2)18(8-13)26-10-14-15(20)4-3-5-16(14)21/h3-9,11H,10H2,1-2H3,(H,23,24). The minimum Gasteiger partial charge on any atom is -0.493 e. The number of aryl methyl sites for hydroxylation is 1. The van der Waals surface area contributed by atoms with Crippen LogP contribution in [0.4, 0.5) is 9.52 Å². The van der Waals surface area contributed by atoms with Crippen LogP contribution in [-0.2, 0) is 6.61 Å². The summed E-state index contributed by atoms with van der Waals surface area (Å²) in [7, 11) is 1.54. The molecule has 0 aliphatic rings. The van der Waals surface area contributed by atoms with E-state index in [2.05, 4.69) is 15.5 Å². The molecule has 1 aromatic heterocycles. The SMILES string of the molecule is COc1ccc(C=NNc2nc(C)cs2)cc1OCc1c(F)cccc1Cl. The van der Waals surface area contributed by atoms with E-state index in [1.54, 1.807) is 37.6 Å². The third-order valence-electron chi connectivity index (χ3n) is 3.61. The Kier molecular flexibility index (Phi) is 6.26. The highest BCUT2D eigenvalue weighted by Crippen LogP contribution is 2.30. The van der Waals surface area contributed by atoms with E-state index >= 15 is 0 Å². The minimum absolute atomic E-state index is 0.0148. The van der Waals surface area contributed by atoms with E-state index in [1.165, 1.54) is 17.4 Å². The molecule has 5 nitrogen and oxygen atoms in total. The maximum absolute atomic E-state index is 13.9. The summed E-state index contributed by atoms with van der Waals surface area (Å²) in [5.41, 5.74) is 4.88. The van der Waals surface area contributed by atoms with Crippen LogP contribution in [0, 0.1) is 12.7 Å². The molecular formula is C19H17ClFN3O2S. The summed E-state index contributed by atoms with van der Waals surface area (Å²) in [5, 5.41) is 7.12. The topological polar surface area (TPSA) is 55.7 Å². The Bertz CT molecular complexity index is 942. The van der Waals surface area contributed by atoms with Crippen LogP contribution in [0.15, 0.2) is 46.9 Å². The Labute approximate surface area is 165 Å². The highest BCUT2D eigenvalue weighted by Gasteiger charge is 2.10. The fourth-order valence-corrected chi connectivity index (χ4v) is 3.13. The molecule has 140 valence electrons. The van der Waals surface area contributed by atoms with Crippen LogP contribution < -0.4 is 14.9 Å². The molecule has 0 saturated heterocycles. The van der Waals surface area contributed by atoms with Gasteiger partial charge in [-0.2, -0.15) is 5.10 Å². The van der Waals surface area contributed by atoms with Gasteiger partial charge in [-0.15, -0.1) is 11.3 Å². The van der Waals surface area contributed by atoms with Crippen molar-refractivity contribution in [2.45, 2.75) is 13.5 Å². The zero-order chi connectivity index (χ0) is 19.2. The van der Waals surface area contributed by atoms with Gasteiger partial charge >= 0.3 is 0 Å². The molecule has 0 saturated carbocycles. The predicted octanol–water partition coefficient (Wildman–Crippen LogP) is 5.28. The van der Waals surface area contributed by atoms with Gasteiger partial charge in [0.1, 0.15) is 12.4 Å². The third-order valence-corrected chi connectivity index (χ3v) is 4.83. The lowest BCUT2D eigenvalue weighted by atomic mass is 10.2. The average molecular weight is 406 g/mol. The van der Waals surface area contributed by atoms with Crippen LogP contribution >= 0.6 is 22.9 Å². The van der Waals surface area contributed by atoms with Crippen molar-refractivity contribution in [3.05, 3.63) is 69.4 Å². The number of methoxy groups -OCH3 is 1. The number of thiazole rings is 1. The first-order valence-corrected chi connectivity index (χ1v) is 9.27. The van der Waals surface area contributed by atoms with E-state index in [9.17, 15) is 4.39 Å². The molecule has 3 aromatic rings. The first kappa shape index (κ1) is 19.1. The quantitative estimate of drug-likeness (QED) is 0.429. The van der Waals surface area contributed by atoms with Crippen molar-refractivity contribution in [1.82, 2.24) is 4.98 Å². The van der Waals surface area contributed by atoms with E-state index in [4.69, 9.17) is 21.1 Å². The number of rotatable bonds is 7. The first-order valence-electron chi connectivity index (χ1n) is 8.01. The number of nitrogens with zero attached hydrogens (tertiary/aromatic N) is 2. The number of halogens is 2. The molecule has 1 heterocycles. The van der Waals surface area contributed by atoms with Crippen LogP contribution in [0.25, 0.3) is 0 Å². The second-order valence-electron chi connectivity index (χ2n) is 5.56. The monoisotopic (exact) mass is 405 g/mol. The molecule has 0 atom stereocenters. The van der Waals surface area contributed by atoms with Crippen molar-refractivity contribution in [2.75, 3.05) is 12.5 Å². The maximum atomic E-state index is 13.9. The lowest BCUT2D eigenvalue weighted by molar-refractivity contribution is 0.280. The number of benzene rings is 2. The van der Waals surface area contributed by atoms with Crippen LogP contribution in [0.1, 0.15) is 16.8 Å². The largest absolute Gasteiger partial charge is 0.493 e. The second-order valence-corrected chi connectivity index (χ2v) is 6.83. The zero-order valence-corrected chi connectivity index (χ0v) is 16.3. The van der Waals surface area contributed by atoms with Crippen molar-refractivity contribution in [3.8, 4) is 11.5 Å². The molecule has 0 unspecified atom stereocenters. The second kappa shape index (κ2) is 8.83. The number of hydrazone groups is 1. The fraction of sp³-hybridized carbons (Fsp3) is 0.158. The van der Waals surface area contributed by atoms with E-state index in [-0.39, 0.29) is 6.61 Å². The molecule has 8 heteroatoms. The van der Waals surface area contributed by atoms with Gasteiger partial charge in [0.25, 0.3) is 0 Å². The van der Waals surface area contributed by atoms with E-state index in [1.807, 2.05) is 18.4 Å². The molecule has 0 fully saturated rings. The number of anilines is 1. The predicted molar refractivity (Wildman–Crippen MR) is 107 cm³/mol. The van der Waals surface area contributed by atoms with Gasteiger partial charge in [0.2, 0.25) is 5.13 Å². The fourth-order valence-electron chi connectivity index (χ4n) is 2.27. The minimum atomic E-state index is -0.415. The Morgan fingerprint density at radius 2 is 2.15 bits per heavy atom. The van der Waals surface area contributed by atoms with Gasteiger partial charge in [-0.3, -0.25) is 5.43 Å². The van der Waals surface area contributed by atoms with Crippen molar-refractivity contribution in [2.24, 2.45) is 5.10 Å². The summed E-state index contributed by atoms with van der Waals surface area (Å²) in [4.78, 5) is 4.27. The average Bonchev–Trinajstić information content (AvgIpc) is 3.07. The Balaban J connectivity index is 1.73. The normalized spacial score (nSPS) is 11.0. The van der Waals surface area contributed by atoms with E-state index in [0.717, 1.165) is 11.3 Å². The van der Waals surface area contributed by atoms with Crippen LogP contribution in [-0.4, -0.2) is 18.3 Å². The lowest BCUT2D eigenvalue weighted by Crippen LogP contribution is -2.01. The van der Waals surface area contributed by atoms with Crippen molar-refractivity contribution >= 4 is 34.3 Å². The zero-order valence-electron chi connectivity index (χ0n) is 14.7. The van der Waals surface area contributed by atoms with Crippen LogP contribution in [0.5, 0.6) is 11.5 Å². The number of ether oxygens (including phenoxy) is 2. The van der Waals surface area contributed by atoms with Gasteiger partial charge in [-0.05, 0) is 42.8 Å². The summed E-state index contributed by atoms with van der Waals surface area (Å²) in [6, 6.07) is 9.86. The molecular weight excluding hydrogens is 389 g/mol. The molecule has 0 bridgehead atoms. The van der Waals surface area contributed by atoms with Crippen molar-refractivity contribution in [3.63, 3.8) is 0 Å². The van der Waals surface area contributed by atoms with Crippen LogP contribution in [0.2, 0.25) is 5.02 Å². The molecule has 27 heavy (non-hydrogen) atoms. The third kappa shape index (κ3) is 4.96. The molecule has 1 N–H and O–H groups in total. The smallest absolute Gasteiger partial charge is 0.203 e. The van der Waals surface area contributed by atoms with Gasteiger partial charge in [-0.1, -0.05) is 17.7 Å². The summed E-state index contributed by atoms with van der Waals surface area (Å²) in [6.45, 7) is 1.90. The Morgan fingerprint density at radius 1 is 1.30 bits per heavy atom. The summed E-state index contributed by atoms with van der Waals surface area (Å²) < 4.78 is 25.0. The summed E-state index contributed by atoms with van der Waals surface area (Å²) in [5.74, 6) is 0.580. The number of hydrogen-bond donors (Lipinski definition) is 1. The van der Waals surface area contributed by atoms with Crippen molar-refractivity contribution in [1.29, 1.82) is 0 Å². The van der Waals surface area contributed by atoms with Crippen molar-refractivity contribution < 1.29 is 13.9 Å². The number of hydrogen-bond acceptors (Lipinski definition) is 6.